The summed E-state index contributed by atoms with van der Waals surface area (Å²) in [6, 6.07) is 15.7. The van der Waals surface area contributed by atoms with Crippen LogP contribution in [0, 0.1) is 19.3 Å². The van der Waals surface area contributed by atoms with Crippen LogP contribution in [0.25, 0.3) is 21.9 Å². The van der Waals surface area contributed by atoms with Gasteiger partial charge in [-0.1, -0.05) is 35.7 Å². The zero-order valence-electron chi connectivity index (χ0n) is 17.7. The maximum atomic E-state index is 13.2. The second-order valence-corrected chi connectivity index (χ2v) is 9.38. The predicted molar refractivity (Wildman–Crippen MR) is 123 cm³/mol. The highest BCUT2D eigenvalue weighted by molar-refractivity contribution is 7.87. The lowest BCUT2D eigenvalue weighted by molar-refractivity contribution is 0.172. The van der Waals surface area contributed by atoms with Gasteiger partial charge >= 0.3 is 10.1 Å². The highest BCUT2D eigenvalue weighted by atomic mass is 32.2. The van der Waals surface area contributed by atoms with Gasteiger partial charge in [-0.05, 0) is 45.0 Å². The Balaban J connectivity index is 1.96. The quantitative estimate of drug-likeness (QED) is 0.247. The van der Waals surface area contributed by atoms with E-state index in [0.717, 1.165) is 5.56 Å². The third-order valence-corrected chi connectivity index (χ3v) is 6.10. The Morgan fingerprint density at radius 3 is 2.38 bits per heavy atom. The van der Waals surface area contributed by atoms with E-state index in [9.17, 15) is 13.2 Å². The fraction of sp³-hybridized carbons (Fsp3) is 0.160. The van der Waals surface area contributed by atoms with E-state index in [-0.39, 0.29) is 27.4 Å². The number of terminal acetylenes is 1. The lowest BCUT2D eigenvalue weighted by Gasteiger charge is -2.21. The first-order chi connectivity index (χ1) is 15.1. The molecular weight excluding hydrogens is 428 g/mol. The second kappa shape index (κ2) is 7.74. The van der Waals surface area contributed by atoms with Gasteiger partial charge in [-0.25, -0.2) is 0 Å². The maximum absolute atomic E-state index is 13.2. The molecule has 3 aromatic carbocycles. The normalized spacial score (nSPS) is 11.9. The minimum Gasteiger partial charge on any atom is -0.475 e. The van der Waals surface area contributed by atoms with Crippen molar-refractivity contribution in [3.8, 4) is 23.8 Å². The van der Waals surface area contributed by atoms with E-state index in [1.807, 2.05) is 6.92 Å². The van der Waals surface area contributed by atoms with E-state index >= 15 is 0 Å². The third kappa shape index (κ3) is 4.05. The van der Waals surface area contributed by atoms with Crippen LogP contribution in [0.2, 0.25) is 0 Å². The molecule has 1 aromatic heterocycles. The van der Waals surface area contributed by atoms with E-state index in [1.54, 1.807) is 50.2 Å². The van der Waals surface area contributed by atoms with Crippen LogP contribution in [-0.2, 0) is 10.1 Å². The van der Waals surface area contributed by atoms with Gasteiger partial charge in [0.1, 0.15) is 27.2 Å². The van der Waals surface area contributed by atoms with Crippen molar-refractivity contribution < 1.29 is 21.8 Å². The molecule has 0 aliphatic rings. The summed E-state index contributed by atoms with van der Waals surface area (Å²) in [7, 11) is -4.23. The third-order valence-electron chi connectivity index (χ3n) is 4.85. The van der Waals surface area contributed by atoms with Crippen molar-refractivity contribution in [3.63, 3.8) is 0 Å². The standard InChI is InChI=1S/C25H20O6S/c1-5-25(3,4)30-17-14-21-23(24(26)19-8-6-7-9-20(19)29-21)22(15-17)31-32(27,28)18-12-10-16(2)11-13-18/h1,6-15H,2-4H3. The van der Waals surface area contributed by atoms with E-state index in [4.69, 9.17) is 19.8 Å². The smallest absolute Gasteiger partial charge is 0.339 e. The summed E-state index contributed by atoms with van der Waals surface area (Å²) in [6.45, 7) is 5.20. The van der Waals surface area contributed by atoms with Gasteiger partial charge < -0.3 is 13.3 Å². The average molecular weight is 448 g/mol. The van der Waals surface area contributed by atoms with Crippen LogP contribution in [0.15, 0.2) is 74.8 Å². The van der Waals surface area contributed by atoms with Gasteiger partial charge in [0.05, 0.1) is 5.39 Å². The summed E-state index contributed by atoms with van der Waals surface area (Å²) < 4.78 is 43.1. The Morgan fingerprint density at radius 2 is 1.69 bits per heavy atom. The average Bonchev–Trinajstić information content (AvgIpc) is 2.73. The van der Waals surface area contributed by atoms with Crippen LogP contribution < -0.4 is 14.3 Å². The Labute approximate surface area is 185 Å². The van der Waals surface area contributed by atoms with Crippen molar-refractivity contribution in [2.75, 3.05) is 0 Å². The first kappa shape index (κ1) is 21.5. The van der Waals surface area contributed by atoms with E-state index in [2.05, 4.69) is 5.92 Å². The van der Waals surface area contributed by atoms with Gasteiger partial charge in [0.2, 0.25) is 5.43 Å². The lowest BCUT2D eigenvalue weighted by Crippen LogP contribution is -2.25. The van der Waals surface area contributed by atoms with E-state index < -0.39 is 21.1 Å². The second-order valence-electron chi connectivity index (χ2n) is 7.83. The van der Waals surface area contributed by atoms with Gasteiger partial charge in [0.25, 0.3) is 0 Å². The van der Waals surface area contributed by atoms with E-state index in [0.29, 0.717) is 11.0 Å². The highest BCUT2D eigenvalue weighted by Crippen LogP contribution is 2.34. The zero-order valence-corrected chi connectivity index (χ0v) is 18.5. The summed E-state index contributed by atoms with van der Waals surface area (Å²) in [5.41, 5.74) is -0.0382. The molecule has 0 unspecified atom stereocenters. The molecule has 32 heavy (non-hydrogen) atoms. The van der Waals surface area contributed by atoms with Gasteiger partial charge in [0.15, 0.2) is 11.4 Å². The SMILES string of the molecule is C#CC(C)(C)Oc1cc(OS(=O)(=O)c2ccc(C)cc2)c2c(=O)c3ccccc3oc2c1. The number of benzene rings is 3. The van der Waals surface area contributed by atoms with Crippen LogP contribution in [0.4, 0.5) is 0 Å². The van der Waals surface area contributed by atoms with Crippen molar-refractivity contribution >= 4 is 32.1 Å². The predicted octanol–water partition coefficient (Wildman–Crippen LogP) is 4.81. The molecule has 0 saturated carbocycles. The number of hydrogen-bond acceptors (Lipinski definition) is 6. The molecular formula is C25H20O6S. The molecule has 0 radical (unpaired) electrons. The first-order valence-corrected chi connectivity index (χ1v) is 11.2. The summed E-state index contributed by atoms with van der Waals surface area (Å²) in [5, 5.41) is 0.292. The molecule has 162 valence electrons. The molecule has 0 bridgehead atoms. The number of aryl methyl sites for hydroxylation is 1. The molecule has 1 heterocycles. The fourth-order valence-corrected chi connectivity index (χ4v) is 4.12. The molecule has 0 spiro atoms. The van der Waals surface area contributed by atoms with Crippen LogP contribution in [0.1, 0.15) is 19.4 Å². The number of para-hydroxylation sites is 1. The molecule has 7 heteroatoms. The molecule has 0 fully saturated rings. The molecule has 4 aromatic rings. The molecule has 6 nitrogen and oxygen atoms in total. The number of fused-ring (bicyclic) bond motifs is 2. The van der Waals surface area contributed by atoms with Gasteiger partial charge in [0, 0.05) is 12.1 Å². The van der Waals surface area contributed by atoms with Gasteiger partial charge in [-0.2, -0.15) is 8.42 Å². The highest BCUT2D eigenvalue weighted by Gasteiger charge is 2.24. The molecule has 0 aliphatic carbocycles. The van der Waals surface area contributed by atoms with Crippen molar-refractivity contribution in [2.24, 2.45) is 0 Å². The van der Waals surface area contributed by atoms with Crippen molar-refractivity contribution in [3.05, 3.63) is 76.5 Å². The van der Waals surface area contributed by atoms with Crippen LogP contribution >= 0.6 is 0 Å². The molecule has 0 atom stereocenters. The van der Waals surface area contributed by atoms with Gasteiger partial charge in [-0.15, -0.1) is 6.42 Å². The largest absolute Gasteiger partial charge is 0.475 e. The monoisotopic (exact) mass is 448 g/mol. The number of hydrogen-bond donors (Lipinski definition) is 0. The zero-order chi connectivity index (χ0) is 23.1. The summed E-state index contributed by atoms with van der Waals surface area (Å²) >= 11 is 0. The minimum absolute atomic E-state index is 0.00903. The number of rotatable bonds is 5. The van der Waals surface area contributed by atoms with Crippen LogP contribution in [-0.4, -0.2) is 14.0 Å². The number of ether oxygens (including phenoxy) is 1. The van der Waals surface area contributed by atoms with Crippen LogP contribution in [0.5, 0.6) is 11.5 Å². The molecule has 0 aliphatic heterocycles. The Bertz CT molecular complexity index is 1540. The molecule has 0 amide bonds. The minimum atomic E-state index is -4.23. The lowest BCUT2D eigenvalue weighted by atomic mass is 10.1. The molecule has 0 saturated heterocycles. The first-order valence-electron chi connectivity index (χ1n) is 9.77. The summed E-state index contributed by atoms with van der Waals surface area (Å²) in [5.74, 6) is 2.50. The summed E-state index contributed by atoms with van der Waals surface area (Å²) in [6.07, 6.45) is 5.52. The van der Waals surface area contributed by atoms with E-state index in [1.165, 1.54) is 24.3 Å². The van der Waals surface area contributed by atoms with Crippen molar-refractivity contribution in [1.29, 1.82) is 0 Å². The Morgan fingerprint density at radius 1 is 1.00 bits per heavy atom. The summed E-state index contributed by atoms with van der Waals surface area (Å²) in [4.78, 5) is 13.2. The molecule has 4 rings (SSSR count). The van der Waals surface area contributed by atoms with Crippen molar-refractivity contribution in [2.45, 2.75) is 31.3 Å². The van der Waals surface area contributed by atoms with Crippen LogP contribution in [0.3, 0.4) is 0 Å². The Hall–Kier alpha value is -3.76. The van der Waals surface area contributed by atoms with Crippen molar-refractivity contribution in [1.82, 2.24) is 0 Å². The van der Waals surface area contributed by atoms with Gasteiger partial charge in [-0.3, -0.25) is 4.79 Å². The Kier molecular flexibility index (Phi) is 5.19. The topological polar surface area (TPSA) is 82.8 Å². The molecule has 0 N–H and O–H groups in total. The fourth-order valence-electron chi connectivity index (χ4n) is 3.19. The maximum Gasteiger partial charge on any atom is 0.339 e.